The monoisotopic (exact) mass is 330 g/mol. The van der Waals surface area contributed by atoms with Crippen molar-refractivity contribution in [2.75, 3.05) is 25.0 Å². The summed E-state index contributed by atoms with van der Waals surface area (Å²) >= 11 is 0. The van der Waals surface area contributed by atoms with Crippen molar-refractivity contribution >= 4 is 17.5 Å². The molecule has 0 bridgehead atoms. The van der Waals surface area contributed by atoms with Crippen LogP contribution in [-0.4, -0.2) is 42.5 Å². The van der Waals surface area contributed by atoms with Crippen LogP contribution in [0.15, 0.2) is 24.3 Å². The Morgan fingerprint density at radius 2 is 2.00 bits per heavy atom. The molecule has 1 N–H and O–H groups in total. The number of fused-ring (bicyclic) bond motifs is 1. The summed E-state index contributed by atoms with van der Waals surface area (Å²) in [6, 6.07) is 7.60. The fourth-order valence-electron chi connectivity index (χ4n) is 3.42. The Balaban J connectivity index is 1.63. The zero-order valence-electron chi connectivity index (χ0n) is 14.5. The van der Waals surface area contributed by atoms with Crippen LogP contribution in [0.2, 0.25) is 0 Å². The molecule has 0 radical (unpaired) electrons. The van der Waals surface area contributed by atoms with E-state index in [1.807, 2.05) is 29.2 Å². The third kappa shape index (κ3) is 3.78. The number of rotatable bonds is 4. The van der Waals surface area contributed by atoms with Gasteiger partial charge in [0.05, 0.1) is 12.0 Å². The third-order valence-electron chi connectivity index (χ3n) is 4.72. The lowest BCUT2D eigenvalue weighted by atomic mass is 9.88. The summed E-state index contributed by atoms with van der Waals surface area (Å²) in [5.74, 6) is 0.159. The molecule has 0 aliphatic carbocycles. The van der Waals surface area contributed by atoms with Gasteiger partial charge >= 0.3 is 0 Å². The summed E-state index contributed by atoms with van der Waals surface area (Å²) in [5, 5.41) is 2.85. The SMILES string of the molecule is CC(C)COC1CCN(C(=O)[C@H]2CC(=O)Nc3ccccc32)CC1. The highest BCUT2D eigenvalue weighted by Crippen LogP contribution is 2.34. The van der Waals surface area contributed by atoms with Gasteiger partial charge in [0.15, 0.2) is 0 Å². The predicted molar refractivity (Wildman–Crippen MR) is 92.8 cm³/mol. The molecule has 24 heavy (non-hydrogen) atoms. The third-order valence-corrected chi connectivity index (χ3v) is 4.72. The van der Waals surface area contributed by atoms with Gasteiger partial charge in [-0.15, -0.1) is 0 Å². The Morgan fingerprint density at radius 1 is 1.29 bits per heavy atom. The van der Waals surface area contributed by atoms with Crippen LogP contribution < -0.4 is 5.32 Å². The normalized spacial score (nSPS) is 21.5. The minimum atomic E-state index is -0.358. The van der Waals surface area contributed by atoms with E-state index in [-0.39, 0.29) is 30.3 Å². The first-order valence-corrected chi connectivity index (χ1v) is 8.83. The summed E-state index contributed by atoms with van der Waals surface area (Å²) in [7, 11) is 0. The fourth-order valence-corrected chi connectivity index (χ4v) is 3.42. The van der Waals surface area contributed by atoms with Crippen LogP contribution in [0, 0.1) is 5.92 Å². The molecule has 2 aliphatic rings. The maximum atomic E-state index is 12.9. The first-order chi connectivity index (χ1) is 11.5. The minimum absolute atomic E-state index is 0.0691. The molecular formula is C19H26N2O3. The number of ether oxygens (including phenoxy) is 1. The van der Waals surface area contributed by atoms with E-state index in [2.05, 4.69) is 19.2 Å². The van der Waals surface area contributed by atoms with Gasteiger partial charge in [0, 0.05) is 31.8 Å². The van der Waals surface area contributed by atoms with E-state index < -0.39 is 0 Å². The Labute approximate surface area is 143 Å². The van der Waals surface area contributed by atoms with Crippen LogP contribution in [0.25, 0.3) is 0 Å². The van der Waals surface area contributed by atoms with Crippen molar-refractivity contribution in [2.24, 2.45) is 5.92 Å². The molecule has 2 heterocycles. The van der Waals surface area contributed by atoms with Crippen LogP contribution in [0.4, 0.5) is 5.69 Å². The van der Waals surface area contributed by atoms with Crippen molar-refractivity contribution < 1.29 is 14.3 Å². The van der Waals surface area contributed by atoms with E-state index in [1.54, 1.807) is 0 Å². The molecule has 0 aromatic heterocycles. The number of hydrogen-bond donors (Lipinski definition) is 1. The summed E-state index contributed by atoms with van der Waals surface area (Å²) in [5.41, 5.74) is 1.70. The molecule has 1 atom stereocenters. The van der Waals surface area contributed by atoms with Crippen molar-refractivity contribution in [1.82, 2.24) is 4.90 Å². The molecule has 3 rings (SSSR count). The second-order valence-corrected chi connectivity index (χ2v) is 7.14. The number of amides is 2. The molecule has 1 saturated heterocycles. The summed E-state index contributed by atoms with van der Waals surface area (Å²) in [6.45, 7) is 6.48. The summed E-state index contributed by atoms with van der Waals surface area (Å²) < 4.78 is 5.89. The molecule has 2 aliphatic heterocycles. The lowest BCUT2D eigenvalue weighted by molar-refractivity contribution is -0.137. The van der Waals surface area contributed by atoms with Crippen LogP contribution in [0.5, 0.6) is 0 Å². The number of likely N-dealkylation sites (tertiary alicyclic amines) is 1. The summed E-state index contributed by atoms with van der Waals surface area (Å²) in [6.07, 6.45) is 2.23. The van der Waals surface area contributed by atoms with Gasteiger partial charge in [-0.05, 0) is 30.4 Å². The van der Waals surface area contributed by atoms with E-state index in [4.69, 9.17) is 4.74 Å². The molecule has 5 heteroatoms. The van der Waals surface area contributed by atoms with E-state index in [0.29, 0.717) is 19.0 Å². The van der Waals surface area contributed by atoms with Crippen LogP contribution in [-0.2, 0) is 14.3 Å². The van der Waals surface area contributed by atoms with Gasteiger partial charge in [-0.25, -0.2) is 0 Å². The highest BCUT2D eigenvalue weighted by atomic mass is 16.5. The molecule has 130 valence electrons. The van der Waals surface area contributed by atoms with Gasteiger partial charge in [0.2, 0.25) is 11.8 Å². The van der Waals surface area contributed by atoms with E-state index in [0.717, 1.165) is 30.7 Å². The summed E-state index contributed by atoms with van der Waals surface area (Å²) in [4.78, 5) is 26.8. The molecule has 0 spiro atoms. The lowest BCUT2D eigenvalue weighted by Gasteiger charge is -2.35. The first kappa shape index (κ1) is 17.0. The number of carbonyl (C=O) groups excluding carboxylic acids is 2. The molecule has 0 saturated carbocycles. The highest BCUT2D eigenvalue weighted by Gasteiger charge is 2.34. The molecule has 2 amide bonds. The van der Waals surface area contributed by atoms with Crippen LogP contribution in [0.3, 0.4) is 0 Å². The van der Waals surface area contributed by atoms with Gasteiger partial charge in [-0.1, -0.05) is 32.0 Å². The molecular weight excluding hydrogens is 304 g/mol. The van der Waals surface area contributed by atoms with Crippen molar-refractivity contribution in [3.8, 4) is 0 Å². The van der Waals surface area contributed by atoms with Crippen molar-refractivity contribution in [1.29, 1.82) is 0 Å². The van der Waals surface area contributed by atoms with Gasteiger partial charge in [0.1, 0.15) is 0 Å². The predicted octanol–water partition coefficient (Wildman–Crippen LogP) is 2.78. The van der Waals surface area contributed by atoms with Crippen LogP contribution in [0.1, 0.15) is 44.6 Å². The molecule has 5 nitrogen and oxygen atoms in total. The number of benzene rings is 1. The van der Waals surface area contributed by atoms with E-state index in [9.17, 15) is 9.59 Å². The fraction of sp³-hybridized carbons (Fsp3) is 0.579. The van der Waals surface area contributed by atoms with Gasteiger partial charge < -0.3 is 15.0 Å². The Hall–Kier alpha value is -1.88. The van der Waals surface area contributed by atoms with Gasteiger partial charge in [-0.2, -0.15) is 0 Å². The zero-order chi connectivity index (χ0) is 17.1. The largest absolute Gasteiger partial charge is 0.378 e. The number of nitrogens with zero attached hydrogens (tertiary/aromatic N) is 1. The van der Waals surface area contributed by atoms with Crippen molar-refractivity contribution in [2.45, 2.75) is 45.1 Å². The lowest BCUT2D eigenvalue weighted by Crippen LogP contribution is -2.44. The average molecular weight is 330 g/mol. The van der Waals surface area contributed by atoms with E-state index in [1.165, 1.54) is 0 Å². The Morgan fingerprint density at radius 3 is 2.71 bits per heavy atom. The minimum Gasteiger partial charge on any atom is -0.378 e. The molecule has 1 fully saturated rings. The number of para-hydroxylation sites is 1. The maximum absolute atomic E-state index is 12.9. The Bertz CT molecular complexity index is 606. The topological polar surface area (TPSA) is 58.6 Å². The second-order valence-electron chi connectivity index (χ2n) is 7.14. The number of carbonyl (C=O) groups is 2. The number of piperidine rings is 1. The number of anilines is 1. The van der Waals surface area contributed by atoms with Gasteiger partial charge in [-0.3, -0.25) is 9.59 Å². The quantitative estimate of drug-likeness (QED) is 0.923. The standard InChI is InChI=1S/C19H26N2O3/c1-13(2)12-24-14-7-9-21(10-8-14)19(23)16-11-18(22)20-17-6-4-3-5-15(16)17/h3-6,13-14,16H,7-12H2,1-2H3,(H,20,22)/t16-/m0/s1. The Kier molecular flexibility index (Phi) is 5.19. The van der Waals surface area contributed by atoms with Crippen molar-refractivity contribution in [3.63, 3.8) is 0 Å². The smallest absolute Gasteiger partial charge is 0.230 e. The van der Waals surface area contributed by atoms with Crippen molar-refractivity contribution in [3.05, 3.63) is 29.8 Å². The highest BCUT2D eigenvalue weighted by molar-refractivity contribution is 6.01. The number of hydrogen-bond acceptors (Lipinski definition) is 3. The second kappa shape index (κ2) is 7.34. The number of nitrogens with one attached hydrogen (secondary N) is 1. The molecule has 0 unspecified atom stereocenters. The zero-order valence-corrected chi connectivity index (χ0v) is 14.5. The first-order valence-electron chi connectivity index (χ1n) is 8.83. The van der Waals surface area contributed by atoms with E-state index >= 15 is 0 Å². The molecule has 1 aromatic carbocycles. The van der Waals surface area contributed by atoms with Crippen LogP contribution >= 0.6 is 0 Å². The molecule has 1 aromatic rings. The maximum Gasteiger partial charge on any atom is 0.230 e. The van der Waals surface area contributed by atoms with Gasteiger partial charge in [0.25, 0.3) is 0 Å². The average Bonchev–Trinajstić information content (AvgIpc) is 2.59.